The fraction of sp³-hybridized carbons (Fsp3) is 0.417. The highest BCUT2D eigenvalue weighted by molar-refractivity contribution is 7.89. The molecule has 0 bridgehead atoms. The van der Waals surface area contributed by atoms with Crippen molar-refractivity contribution in [1.29, 1.82) is 0 Å². The Morgan fingerprint density at radius 3 is 2.55 bits per heavy atom. The molecule has 1 amide bonds. The molecule has 0 aromatic heterocycles. The molecule has 1 heterocycles. The maximum absolute atomic E-state index is 13.1. The predicted octanol–water partition coefficient (Wildman–Crippen LogP) is -1.80. The SMILES string of the molecule is NC(=O)C[NH+]1CCN(S(=O)(=O)c2cccc(F)c2)CC1. The minimum atomic E-state index is -3.67. The highest BCUT2D eigenvalue weighted by Crippen LogP contribution is 2.16. The van der Waals surface area contributed by atoms with Gasteiger partial charge in [0.2, 0.25) is 10.0 Å². The van der Waals surface area contributed by atoms with E-state index in [4.69, 9.17) is 5.73 Å². The van der Waals surface area contributed by atoms with E-state index in [1.807, 2.05) is 0 Å². The summed E-state index contributed by atoms with van der Waals surface area (Å²) in [7, 11) is -3.67. The Hall–Kier alpha value is -1.51. The minimum absolute atomic E-state index is 0.0455. The molecule has 0 aliphatic carbocycles. The number of nitrogens with zero attached hydrogens (tertiary/aromatic N) is 1. The molecule has 0 unspecified atom stereocenters. The Labute approximate surface area is 117 Å². The molecule has 0 spiro atoms. The summed E-state index contributed by atoms with van der Waals surface area (Å²) in [6, 6.07) is 4.96. The van der Waals surface area contributed by atoms with E-state index < -0.39 is 21.7 Å². The summed E-state index contributed by atoms with van der Waals surface area (Å²) in [5, 5.41) is 0. The van der Waals surface area contributed by atoms with Gasteiger partial charge < -0.3 is 10.6 Å². The van der Waals surface area contributed by atoms with Gasteiger partial charge in [-0.05, 0) is 18.2 Å². The van der Waals surface area contributed by atoms with Crippen molar-refractivity contribution in [3.05, 3.63) is 30.1 Å². The van der Waals surface area contributed by atoms with Crippen LogP contribution in [-0.4, -0.2) is 51.4 Å². The zero-order chi connectivity index (χ0) is 14.8. The largest absolute Gasteiger partial charge is 0.365 e. The van der Waals surface area contributed by atoms with Gasteiger partial charge in [0.25, 0.3) is 5.91 Å². The number of amides is 1. The number of hydrogen-bond donors (Lipinski definition) is 2. The molecule has 1 aliphatic rings. The van der Waals surface area contributed by atoms with Crippen molar-refractivity contribution in [3.8, 4) is 0 Å². The molecule has 8 heteroatoms. The quantitative estimate of drug-likeness (QED) is 0.688. The number of primary amides is 1. The topological polar surface area (TPSA) is 84.9 Å². The Kier molecular flexibility index (Phi) is 4.36. The summed E-state index contributed by atoms with van der Waals surface area (Å²) in [4.78, 5) is 11.7. The van der Waals surface area contributed by atoms with Gasteiger partial charge >= 0.3 is 0 Å². The number of carbonyl (C=O) groups is 1. The minimum Gasteiger partial charge on any atom is -0.365 e. The van der Waals surface area contributed by atoms with Crippen LogP contribution in [-0.2, 0) is 14.8 Å². The summed E-state index contributed by atoms with van der Waals surface area (Å²) in [6.45, 7) is 1.81. The highest BCUT2D eigenvalue weighted by atomic mass is 32.2. The van der Waals surface area contributed by atoms with Crippen LogP contribution in [0.1, 0.15) is 0 Å². The first-order valence-corrected chi connectivity index (χ1v) is 7.71. The van der Waals surface area contributed by atoms with Crippen LogP contribution in [0.15, 0.2) is 29.2 Å². The number of sulfonamides is 1. The number of halogens is 1. The molecule has 1 aromatic rings. The zero-order valence-corrected chi connectivity index (χ0v) is 11.7. The van der Waals surface area contributed by atoms with Crippen molar-refractivity contribution in [1.82, 2.24) is 4.31 Å². The van der Waals surface area contributed by atoms with Crippen molar-refractivity contribution in [2.75, 3.05) is 32.7 Å². The number of nitrogens with one attached hydrogen (secondary N) is 1. The van der Waals surface area contributed by atoms with Crippen LogP contribution in [0.3, 0.4) is 0 Å². The number of benzene rings is 1. The second kappa shape index (κ2) is 5.86. The van der Waals surface area contributed by atoms with E-state index in [2.05, 4.69) is 0 Å². The molecule has 2 rings (SSSR count). The van der Waals surface area contributed by atoms with E-state index in [9.17, 15) is 17.6 Å². The third kappa shape index (κ3) is 3.33. The lowest BCUT2D eigenvalue weighted by Crippen LogP contribution is -3.15. The average molecular weight is 302 g/mol. The number of nitrogens with two attached hydrogens (primary N) is 1. The molecular weight excluding hydrogens is 285 g/mol. The van der Waals surface area contributed by atoms with E-state index in [1.54, 1.807) is 0 Å². The molecule has 3 N–H and O–H groups in total. The summed E-state index contributed by atoms with van der Waals surface area (Å²) in [5.41, 5.74) is 5.12. The van der Waals surface area contributed by atoms with E-state index in [1.165, 1.54) is 22.5 Å². The number of rotatable bonds is 4. The lowest BCUT2D eigenvalue weighted by molar-refractivity contribution is -0.895. The van der Waals surface area contributed by atoms with Crippen LogP contribution in [0.25, 0.3) is 0 Å². The number of quaternary nitrogens is 1. The maximum atomic E-state index is 13.1. The first-order chi connectivity index (χ1) is 9.39. The Morgan fingerprint density at radius 1 is 1.35 bits per heavy atom. The van der Waals surface area contributed by atoms with Crippen molar-refractivity contribution in [2.45, 2.75) is 4.90 Å². The summed E-state index contributed by atoms with van der Waals surface area (Å²) in [6.07, 6.45) is 0. The fourth-order valence-corrected chi connectivity index (χ4v) is 3.72. The van der Waals surface area contributed by atoms with Gasteiger partial charge in [-0.25, -0.2) is 12.8 Å². The van der Waals surface area contributed by atoms with Gasteiger partial charge in [0.1, 0.15) is 5.82 Å². The molecule has 6 nitrogen and oxygen atoms in total. The third-order valence-electron chi connectivity index (χ3n) is 3.29. The van der Waals surface area contributed by atoms with Crippen LogP contribution in [0, 0.1) is 5.82 Å². The zero-order valence-electron chi connectivity index (χ0n) is 10.9. The normalized spacial score (nSPS) is 18.1. The van der Waals surface area contributed by atoms with E-state index >= 15 is 0 Å². The molecule has 0 atom stereocenters. The van der Waals surface area contributed by atoms with E-state index in [0.717, 1.165) is 11.0 Å². The second-order valence-corrected chi connectivity index (χ2v) is 6.69. The van der Waals surface area contributed by atoms with Gasteiger partial charge in [-0.15, -0.1) is 0 Å². The molecule has 0 radical (unpaired) electrons. The Balaban J connectivity index is 2.08. The summed E-state index contributed by atoms with van der Waals surface area (Å²) >= 11 is 0. The van der Waals surface area contributed by atoms with E-state index in [-0.39, 0.29) is 11.4 Å². The highest BCUT2D eigenvalue weighted by Gasteiger charge is 2.30. The molecule has 1 aliphatic heterocycles. The van der Waals surface area contributed by atoms with Gasteiger partial charge in [0.15, 0.2) is 6.54 Å². The summed E-state index contributed by atoms with van der Waals surface area (Å²) < 4.78 is 39.1. The third-order valence-corrected chi connectivity index (χ3v) is 5.18. The van der Waals surface area contributed by atoms with Crippen LogP contribution in [0.4, 0.5) is 4.39 Å². The van der Waals surface area contributed by atoms with Crippen molar-refractivity contribution >= 4 is 15.9 Å². The van der Waals surface area contributed by atoms with E-state index in [0.29, 0.717) is 26.2 Å². The van der Waals surface area contributed by atoms with Gasteiger partial charge in [-0.1, -0.05) is 6.07 Å². The summed E-state index contributed by atoms with van der Waals surface area (Å²) in [5.74, 6) is -0.981. The standard InChI is InChI=1S/C12H16FN3O3S/c13-10-2-1-3-11(8-10)20(18,19)16-6-4-15(5-7-16)9-12(14)17/h1-3,8H,4-7,9H2,(H2,14,17)/p+1. The first-order valence-electron chi connectivity index (χ1n) is 6.27. The molecular formula is C12H17FN3O3S+. The molecule has 1 fully saturated rings. The smallest absolute Gasteiger partial charge is 0.272 e. The second-order valence-electron chi connectivity index (χ2n) is 4.75. The maximum Gasteiger partial charge on any atom is 0.272 e. The fourth-order valence-electron chi connectivity index (χ4n) is 2.24. The number of hydrogen-bond acceptors (Lipinski definition) is 3. The van der Waals surface area contributed by atoms with Crippen LogP contribution >= 0.6 is 0 Å². The van der Waals surface area contributed by atoms with Gasteiger partial charge in [-0.3, -0.25) is 4.79 Å². The molecule has 0 saturated carbocycles. The Bertz CT molecular complexity index is 598. The van der Waals surface area contributed by atoms with Crippen molar-refractivity contribution < 1.29 is 22.5 Å². The lowest BCUT2D eigenvalue weighted by atomic mass is 10.3. The Morgan fingerprint density at radius 2 is 2.00 bits per heavy atom. The predicted molar refractivity (Wildman–Crippen MR) is 69.9 cm³/mol. The molecule has 110 valence electrons. The molecule has 1 aromatic carbocycles. The van der Waals surface area contributed by atoms with Crippen LogP contribution in [0.2, 0.25) is 0 Å². The van der Waals surface area contributed by atoms with Crippen molar-refractivity contribution in [2.24, 2.45) is 5.73 Å². The van der Waals surface area contributed by atoms with Crippen molar-refractivity contribution in [3.63, 3.8) is 0 Å². The lowest BCUT2D eigenvalue weighted by Gasteiger charge is -2.30. The number of piperazine rings is 1. The first kappa shape index (κ1) is 14.9. The van der Waals surface area contributed by atoms with Gasteiger partial charge in [-0.2, -0.15) is 4.31 Å². The van der Waals surface area contributed by atoms with Gasteiger partial charge in [0.05, 0.1) is 31.1 Å². The molecule has 20 heavy (non-hydrogen) atoms. The molecule has 1 saturated heterocycles. The monoisotopic (exact) mass is 302 g/mol. The number of carbonyl (C=O) groups excluding carboxylic acids is 1. The van der Waals surface area contributed by atoms with Crippen LogP contribution < -0.4 is 10.6 Å². The van der Waals surface area contributed by atoms with Crippen LogP contribution in [0.5, 0.6) is 0 Å². The van der Waals surface area contributed by atoms with Gasteiger partial charge in [0, 0.05) is 0 Å². The average Bonchev–Trinajstić information content (AvgIpc) is 2.38.